The predicted octanol–water partition coefficient (Wildman–Crippen LogP) is 2.82. The molecule has 0 aliphatic carbocycles. The Labute approximate surface area is 196 Å². The van der Waals surface area contributed by atoms with Crippen LogP contribution < -0.4 is 5.32 Å². The van der Waals surface area contributed by atoms with E-state index in [1.807, 2.05) is 60.8 Å². The molecule has 1 aliphatic heterocycles. The quantitative estimate of drug-likeness (QED) is 0.498. The third-order valence-corrected chi connectivity index (χ3v) is 6.52. The molecule has 2 heterocycles. The van der Waals surface area contributed by atoms with E-state index in [9.17, 15) is 19.8 Å². The maximum Gasteiger partial charge on any atom is 0.255 e. The molecule has 0 spiro atoms. The van der Waals surface area contributed by atoms with Gasteiger partial charge in [-0.1, -0.05) is 54.1 Å². The van der Waals surface area contributed by atoms with Gasteiger partial charge in [-0.15, -0.1) is 11.3 Å². The predicted molar refractivity (Wildman–Crippen MR) is 126 cm³/mol. The topological polar surface area (TPSA) is 103 Å². The van der Waals surface area contributed by atoms with E-state index in [0.29, 0.717) is 6.54 Å². The number of amides is 2. The first-order chi connectivity index (χ1) is 15.9. The van der Waals surface area contributed by atoms with Crippen LogP contribution in [0.4, 0.5) is 0 Å². The molecular weight excluding hydrogens is 438 g/mol. The Kier molecular flexibility index (Phi) is 7.17. The minimum Gasteiger partial charge on any atom is -0.380 e. The van der Waals surface area contributed by atoms with E-state index in [1.54, 1.807) is 10.4 Å². The fourth-order valence-electron chi connectivity index (χ4n) is 4.14. The lowest BCUT2D eigenvalue weighted by Crippen LogP contribution is -2.50. The van der Waals surface area contributed by atoms with E-state index in [2.05, 4.69) is 10.3 Å². The minimum atomic E-state index is -1.84. The lowest BCUT2D eigenvalue weighted by molar-refractivity contribution is -0.153. The summed E-state index contributed by atoms with van der Waals surface area (Å²) in [6.45, 7) is 2.64. The van der Waals surface area contributed by atoms with Crippen LogP contribution in [0.2, 0.25) is 0 Å². The molecule has 1 aromatic heterocycles. The summed E-state index contributed by atoms with van der Waals surface area (Å²) in [7, 11) is 0. The second-order valence-corrected chi connectivity index (χ2v) is 9.00. The zero-order chi connectivity index (χ0) is 23.4. The van der Waals surface area contributed by atoms with Gasteiger partial charge in [-0.2, -0.15) is 0 Å². The molecule has 0 bridgehead atoms. The van der Waals surface area contributed by atoms with Gasteiger partial charge in [0, 0.05) is 24.0 Å². The van der Waals surface area contributed by atoms with Gasteiger partial charge in [0.1, 0.15) is 0 Å². The zero-order valence-corrected chi connectivity index (χ0v) is 19.2. The van der Waals surface area contributed by atoms with Crippen molar-refractivity contribution in [2.45, 2.75) is 44.6 Å². The van der Waals surface area contributed by atoms with E-state index in [4.69, 9.17) is 0 Å². The highest BCUT2D eigenvalue weighted by Crippen LogP contribution is 2.33. The number of hydrogen-bond donors (Lipinski definition) is 3. The van der Waals surface area contributed by atoms with E-state index < -0.39 is 24.0 Å². The molecule has 7 nitrogen and oxygen atoms in total. The first kappa shape index (κ1) is 23.1. The third kappa shape index (κ3) is 5.30. The summed E-state index contributed by atoms with van der Waals surface area (Å²) in [6.07, 6.45) is -2.08. The summed E-state index contributed by atoms with van der Waals surface area (Å²) >= 11 is 1.52. The highest BCUT2D eigenvalue weighted by Gasteiger charge is 2.38. The number of carbonyl (C=O) groups excluding carboxylic acids is 2. The van der Waals surface area contributed by atoms with E-state index in [1.165, 1.54) is 11.3 Å². The highest BCUT2D eigenvalue weighted by molar-refractivity contribution is 7.07. The van der Waals surface area contributed by atoms with Crippen molar-refractivity contribution in [1.82, 2.24) is 15.2 Å². The van der Waals surface area contributed by atoms with Crippen LogP contribution in [-0.2, 0) is 16.1 Å². The van der Waals surface area contributed by atoms with Crippen LogP contribution in [0.25, 0.3) is 11.3 Å². The number of rotatable bonds is 7. The van der Waals surface area contributed by atoms with Crippen LogP contribution in [0.15, 0.2) is 59.4 Å². The number of carbonyl (C=O) groups is 2. The van der Waals surface area contributed by atoms with E-state index in [-0.39, 0.29) is 12.6 Å². The number of aliphatic hydroxyl groups is 2. The molecule has 0 saturated carbocycles. The number of aliphatic hydroxyl groups excluding tert-OH is 2. The number of thiazole rings is 1. The molecule has 172 valence electrons. The van der Waals surface area contributed by atoms with Gasteiger partial charge in [-0.05, 0) is 30.9 Å². The molecule has 1 saturated heterocycles. The van der Waals surface area contributed by atoms with E-state index >= 15 is 0 Å². The molecule has 1 aliphatic rings. The molecule has 3 N–H and O–H groups in total. The molecule has 1 unspecified atom stereocenters. The molecule has 33 heavy (non-hydrogen) atoms. The van der Waals surface area contributed by atoms with E-state index in [0.717, 1.165) is 40.8 Å². The van der Waals surface area contributed by atoms with Gasteiger partial charge in [0.15, 0.2) is 12.2 Å². The molecule has 0 radical (unpaired) electrons. The number of aromatic nitrogens is 1. The number of hydrogen-bond acceptors (Lipinski definition) is 6. The molecule has 1 fully saturated rings. The van der Waals surface area contributed by atoms with Gasteiger partial charge in [0.05, 0.1) is 17.2 Å². The molecular formula is C25H27N3O4S. The van der Waals surface area contributed by atoms with Crippen LogP contribution in [0.5, 0.6) is 0 Å². The standard InChI is InChI=1S/C25H27N3O4S/c1-16-4-2-5-19(12-16)21-6-3-11-28(21)25(32)23(30)22(29)24(31)26-13-17-7-9-18(10-8-17)20-14-33-15-27-20/h2,4-5,7-10,12,14-15,21-23,29-30H,3,6,11,13H2,1H3,(H,26,31)/t21?,22-,23-/m1/s1. The average Bonchev–Trinajstić information content (AvgIpc) is 3.54. The molecule has 2 aromatic carbocycles. The van der Waals surface area contributed by atoms with Crippen molar-refractivity contribution in [3.05, 3.63) is 76.1 Å². The lowest BCUT2D eigenvalue weighted by Gasteiger charge is -2.28. The van der Waals surface area contributed by atoms with Crippen molar-refractivity contribution < 1.29 is 19.8 Å². The molecule has 3 aromatic rings. The van der Waals surface area contributed by atoms with Gasteiger partial charge < -0.3 is 20.4 Å². The highest BCUT2D eigenvalue weighted by atomic mass is 32.1. The Bertz CT molecular complexity index is 1100. The summed E-state index contributed by atoms with van der Waals surface area (Å²) in [6, 6.07) is 15.3. The van der Waals surface area contributed by atoms with Crippen molar-refractivity contribution in [1.29, 1.82) is 0 Å². The molecule has 3 atom stereocenters. The van der Waals surface area contributed by atoms with Gasteiger partial charge in [-0.25, -0.2) is 4.98 Å². The van der Waals surface area contributed by atoms with Crippen LogP contribution in [0.1, 0.15) is 35.6 Å². The number of aryl methyl sites for hydroxylation is 1. The molecule has 8 heteroatoms. The maximum absolute atomic E-state index is 12.9. The first-order valence-corrected chi connectivity index (χ1v) is 11.9. The lowest BCUT2D eigenvalue weighted by atomic mass is 10.0. The number of likely N-dealkylation sites (tertiary alicyclic amines) is 1. The van der Waals surface area contributed by atoms with Crippen molar-refractivity contribution in [2.24, 2.45) is 0 Å². The largest absolute Gasteiger partial charge is 0.380 e. The maximum atomic E-state index is 12.9. The Hall–Kier alpha value is -3.07. The average molecular weight is 466 g/mol. The third-order valence-electron chi connectivity index (χ3n) is 5.93. The molecule has 2 amide bonds. The number of benzene rings is 2. The van der Waals surface area contributed by atoms with Gasteiger partial charge in [-0.3, -0.25) is 9.59 Å². The van der Waals surface area contributed by atoms with Crippen LogP contribution in [-0.4, -0.2) is 50.7 Å². The summed E-state index contributed by atoms with van der Waals surface area (Å²) in [4.78, 5) is 31.2. The normalized spacial score (nSPS) is 17.5. The summed E-state index contributed by atoms with van der Waals surface area (Å²) in [5, 5.41) is 25.4. The summed E-state index contributed by atoms with van der Waals surface area (Å²) in [5.74, 6) is -1.42. The van der Waals surface area contributed by atoms with Crippen LogP contribution >= 0.6 is 11.3 Å². The zero-order valence-electron chi connectivity index (χ0n) is 18.3. The summed E-state index contributed by atoms with van der Waals surface area (Å²) in [5.41, 5.74) is 6.54. The monoisotopic (exact) mass is 465 g/mol. The first-order valence-electron chi connectivity index (χ1n) is 10.9. The smallest absolute Gasteiger partial charge is 0.255 e. The van der Waals surface area contributed by atoms with Crippen molar-refractivity contribution in [2.75, 3.05) is 6.54 Å². The fraction of sp³-hybridized carbons (Fsp3) is 0.320. The Morgan fingerprint density at radius 3 is 2.67 bits per heavy atom. The Morgan fingerprint density at radius 2 is 1.97 bits per heavy atom. The summed E-state index contributed by atoms with van der Waals surface area (Å²) < 4.78 is 0. The molecule has 4 rings (SSSR count). The van der Waals surface area contributed by atoms with Crippen molar-refractivity contribution in [3.8, 4) is 11.3 Å². The van der Waals surface area contributed by atoms with Crippen LogP contribution in [0, 0.1) is 6.92 Å². The van der Waals surface area contributed by atoms with Gasteiger partial charge >= 0.3 is 0 Å². The Morgan fingerprint density at radius 1 is 1.18 bits per heavy atom. The van der Waals surface area contributed by atoms with Crippen molar-refractivity contribution in [3.63, 3.8) is 0 Å². The second kappa shape index (κ2) is 10.2. The Balaban J connectivity index is 1.34. The number of nitrogens with one attached hydrogen (secondary N) is 1. The van der Waals surface area contributed by atoms with Crippen molar-refractivity contribution >= 4 is 23.2 Å². The fourth-order valence-corrected chi connectivity index (χ4v) is 4.71. The van der Waals surface area contributed by atoms with Gasteiger partial charge in [0.2, 0.25) is 0 Å². The minimum absolute atomic E-state index is 0.168. The van der Waals surface area contributed by atoms with Gasteiger partial charge in [0.25, 0.3) is 11.8 Å². The second-order valence-electron chi connectivity index (χ2n) is 8.28. The SMILES string of the molecule is Cc1cccc(C2CCCN2C(=O)[C@H](O)[C@@H](O)C(=O)NCc2ccc(-c3cscn3)cc2)c1. The number of nitrogens with zero attached hydrogens (tertiary/aromatic N) is 2. The van der Waals surface area contributed by atoms with Crippen LogP contribution in [0.3, 0.4) is 0 Å².